The third-order valence-electron chi connectivity index (χ3n) is 2.18. The number of esters is 4. The molecule has 23 heavy (non-hydrogen) atoms. The first-order valence-corrected chi connectivity index (χ1v) is 6.50. The first-order valence-electron chi connectivity index (χ1n) is 6.50. The lowest BCUT2D eigenvalue weighted by molar-refractivity contribution is -0.162. The van der Waals surface area contributed by atoms with Crippen molar-refractivity contribution in [3.8, 4) is 0 Å². The van der Waals surface area contributed by atoms with Crippen molar-refractivity contribution in [3.05, 3.63) is 38.0 Å². The van der Waals surface area contributed by atoms with Gasteiger partial charge >= 0.3 is 23.9 Å². The van der Waals surface area contributed by atoms with Crippen molar-refractivity contribution in [1.29, 1.82) is 0 Å². The molecule has 0 spiro atoms. The van der Waals surface area contributed by atoms with Crippen molar-refractivity contribution < 1.29 is 38.1 Å². The predicted molar refractivity (Wildman–Crippen MR) is 78.0 cm³/mol. The van der Waals surface area contributed by atoms with Gasteiger partial charge in [-0.1, -0.05) is 19.7 Å². The van der Waals surface area contributed by atoms with E-state index < -0.39 is 30.0 Å². The van der Waals surface area contributed by atoms with Gasteiger partial charge in [0, 0.05) is 18.2 Å². The quantitative estimate of drug-likeness (QED) is 0.307. The average molecular weight is 326 g/mol. The Bertz CT molecular complexity index is 480. The van der Waals surface area contributed by atoms with Gasteiger partial charge in [-0.15, -0.1) is 0 Å². The van der Waals surface area contributed by atoms with Crippen molar-refractivity contribution in [2.45, 2.75) is 12.5 Å². The van der Waals surface area contributed by atoms with Crippen LogP contribution in [0.2, 0.25) is 0 Å². The summed E-state index contributed by atoms with van der Waals surface area (Å²) in [5.74, 6) is -2.82. The molecule has 1 unspecified atom stereocenters. The summed E-state index contributed by atoms with van der Waals surface area (Å²) in [7, 11) is 0. The normalized spacial score (nSPS) is 10.6. The first kappa shape index (κ1) is 20.1. The van der Waals surface area contributed by atoms with E-state index in [9.17, 15) is 19.2 Å². The highest BCUT2D eigenvalue weighted by Crippen LogP contribution is 2.00. The van der Waals surface area contributed by atoms with Crippen molar-refractivity contribution in [2.75, 3.05) is 19.8 Å². The third-order valence-corrected chi connectivity index (χ3v) is 2.18. The van der Waals surface area contributed by atoms with Gasteiger partial charge < -0.3 is 18.9 Å². The maximum atomic E-state index is 11.4. The molecule has 0 bridgehead atoms. The van der Waals surface area contributed by atoms with Gasteiger partial charge in [0.2, 0.25) is 0 Å². The summed E-state index contributed by atoms with van der Waals surface area (Å²) in [4.78, 5) is 44.3. The van der Waals surface area contributed by atoms with Gasteiger partial charge in [0.15, 0.2) is 6.10 Å². The summed E-state index contributed by atoms with van der Waals surface area (Å²) >= 11 is 0. The minimum atomic E-state index is -0.996. The average Bonchev–Trinajstić information content (AvgIpc) is 2.56. The van der Waals surface area contributed by atoms with Crippen LogP contribution in [0.15, 0.2) is 38.0 Å². The second-order valence-corrected chi connectivity index (χ2v) is 3.90. The summed E-state index contributed by atoms with van der Waals surface area (Å²) in [6.45, 7) is 8.81. The fourth-order valence-electron chi connectivity index (χ4n) is 1.11. The fraction of sp³-hybridized carbons (Fsp3) is 0.333. The van der Waals surface area contributed by atoms with E-state index in [-0.39, 0.29) is 26.2 Å². The summed E-state index contributed by atoms with van der Waals surface area (Å²) in [6, 6.07) is 0. The highest BCUT2D eigenvalue weighted by atomic mass is 16.6. The highest BCUT2D eigenvalue weighted by molar-refractivity contribution is 5.82. The molecule has 126 valence electrons. The van der Waals surface area contributed by atoms with Gasteiger partial charge in [-0.05, 0) is 0 Å². The molecule has 0 heterocycles. The molecule has 0 aliphatic heterocycles. The highest BCUT2D eigenvalue weighted by Gasteiger charge is 2.17. The molecule has 0 saturated carbocycles. The number of ether oxygens (including phenoxy) is 4. The summed E-state index contributed by atoms with van der Waals surface area (Å²) in [6.07, 6.45) is 1.63. The van der Waals surface area contributed by atoms with E-state index in [2.05, 4.69) is 24.5 Å². The molecule has 0 aromatic carbocycles. The SMILES string of the molecule is C=CC(=O)OCCC(=O)OCC(COC(=O)C=C)OC(=O)C=C. The number of hydrogen-bond donors (Lipinski definition) is 0. The standard InChI is InChI=1S/C15H18O8/c1-4-12(16)20-8-7-15(19)22-10-11(23-14(18)6-3)9-21-13(17)5-2/h4-6,11H,1-3,7-10H2. The smallest absolute Gasteiger partial charge is 0.330 e. The zero-order valence-corrected chi connectivity index (χ0v) is 12.5. The molecule has 0 fully saturated rings. The van der Waals surface area contributed by atoms with Gasteiger partial charge in [0.1, 0.15) is 19.8 Å². The maximum Gasteiger partial charge on any atom is 0.330 e. The second kappa shape index (κ2) is 11.7. The van der Waals surface area contributed by atoms with Crippen LogP contribution in [-0.4, -0.2) is 49.8 Å². The Kier molecular flexibility index (Phi) is 10.2. The molecule has 0 aromatic heterocycles. The zero-order chi connectivity index (χ0) is 17.7. The van der Waals surface area contributed by atoms with E-state index in [4.69, 9.17) is 14.2 Å². The number of carbonyl (C=O) groups excluding carboxylic acids is 4. The van der Waals surface area contributed by atoms with Gasteiger partial charge in [-0.3, -0.25) is 4.79 Å². The van der Waals surface area contributed by atoms with Crippen LogP contribution in [0.1, 0.15) is 6.42 Å². The molecular formula is C15H18O8. The Hall–Kier alpha value is -2.90. The van der Waals surface area contributed by atoms with Crippen molar-refractivity contribution in [3.63, 3.8) is 0 Å². The molecule has 1 atom stereocenters. The minimum Gasteiger partial charge on any atom is -0.462 e. The molecule has 0 saturated heterocycles. The van der Waals surface area contributed by atoms with E-state index in [1.807, 2.05) is 0 Å². The van der Waals surface area contributed by atoms with E-state index >= 15 is 0 Å². The Morgan fingerprint density at radius 2 is 1.30 bits per heavy atom. The molecule has 0 rings (SSSR count). The molecule has 0 aliphatic carbocycles. The van der Waals surface area contributed by atoms with Crippen LogP contribution in [0.3, 0.4) is 0 Å². The molecule has 0 radical (unpaired) electrons. The van der Waals surface area contributed by atoms with Crippen molar-refractivity contribution in [2.24, 2.45) is 0 Å². The largest absolute Gasteiger partial charge is 0.462 e. The Morgan fingerprint density at radius 3 is 1.87 bits per heavy atom. The molecule has 8 heteroatoms. The lowest BCUT2D eigenvalue weighted by Gasteiger charge is -2.16. The molecule has 0 N–H and O–H groups in total. The van der Waals surface area contributed by atoms with Crippen LogP contribution in [0.25, 0.3) is 0 Å². The minimum absolute atomic E-state index is 0.174. The first-order chi connectivity index (χ1) is 10.9. The van der Waals surface area contributed by atoms with Crippen LogP contribution in [0.5, 0.6) is 0 Å². The maximum absolute atomic E-state index is 11.4. The van der Waals surface area contributed by atoms with Crippen LogP contribution < -0.4 is 0 Å². The second-order valence-electron chi connectivity index (χ2n) is 3.90. The Labute approximate surface area is 133 Å². The van der Waals surface area contributed by atoms with E-state index in [1.54, 1.807) is 0 Å². The third kappa shape index (κ3) is 10.5. The molecule has 0 aromatic rings. The number of hydrogen-bond acceptors (Lipinski definition) is 8. The number of carbonyl (C=O) groups is 4. The van der Waals surface area contributed by atoms with Crippen LogP contribution in [0.4, 0.5) is 0 Å². The van der Waals surface area contributed by atoms with E-state index in [0.717, 1.165) is 18.2 Å². The van der Waals surface area contributed by atoms with Crippen molar-refractivity contribution >= 4 is 23.9 Å². The molecule has 0 aliphatic rings. The Morgan fingerprint density at radius 1 is 0.783 bits per heavy atom. The monoisotopic (exact) mass is 326 g/mol. The lowest BCUT2D eigenvalue weighted by atomic mass is 10.4. The Balaban J connectivity index is 4.26. The summed E-state index contributed by atoms with van der Waals surface area (Å²) < 4.78 is 19.0. The zero-order valence-electron chi connectivity index (χ0n) is 12.5. The fourth-order valence-corrected chi connectivity index (χ4v) is 1.11. The van der Waals surface area contributed by atoms with Crippen LogP contribution in [0, 0.1) is 0 Å². The van der Waals surface area contributed by atoms with E-state index in [0.29, 0.717) is 0 Å². The van der Waals surface area contributed by atoms with Crippen LogP contribution >= 0.6 is 0 Å². The van der Waals surface area contributed by atoms with Crippen LogP contribution in [-0.2, 0) is 38.1 Å². The van der Waals surface area contributed by atoms with Gasteiger partial charge in [-0.25, -0.2) is 14.4 Å². The topological polar surface area (TPSA) is 105 Å². The predicted octanol–water partition coefficient (Wildman–Crippen LogP) is 0.476. The molecule has 0 amide bonds. The lowest BCUT2D eigenvalue weighted by Crippen LogP contribution is -2.30. The summed E-state index contributed by atoms with van der Waals surface area (Å²) in [5, 5.41) is 0. The van der Waals surface area contributed by atoms with Gasteiger partial charge in [0.05, 0.1) is 6.42 Å². The molecular weight excluding hydrogens is 308 g/mol. The number of rotatable bonds is 11. The van der Waals surface area contributed by atoms with Gasteiger partial charge in [-0.2, -0.15) is 0 Å². The summed E-state index contributed by atoms with van der Waals surface area (Å²) in [5.41, 5.74) is 0. The van der Waals surface area contributed by atoms with Gasteiger partial charge in [0.25, 0.3) is 0 Å². The molecule has 8 nitrogen and oxygen atoms in total. The van der Waals surface area contributed by atoms with Crippen molar-refractivity contribution in [1.82, 2.24) is 0 Å². The van der Waals surface area contributed by atoms with E-state index in [1.165, 1.54) is 0 Å².